The van der Waals surface area contributed by atoms with E-state index in [1.807, 2.05) is 0 Å². The second kappa shape index (κ2) is 5.39. The molecule has 0 saturated carbocycles. The molecule has 100 valence electrons. The first-order valence-electron chi connectivity index (χ1n) is 5.80. The highest BCUT2D eigenvalue weighted by molar-refractivity contribution is 9.10. The SMILES string of the molecule is Cc1cc(C)c(C(O)c2cc(Br)ccc2F)c(F)c1. The fraction of sp³-hybridized carbons (Fsp3) is 0.200. The number of rotatable bonds is 2. The highest BCUT2D eigenvalue weighted by Gasteiger charge is 2.21. The van der Waals surface area contributed by atoms with Crippen LogP contribution < -0.4 is 0 Å². The van der Waals surface area contributed by atoms with E-state index >= 15 is 0 Å². The summed E-state index contributed by atoms with van der Waals surface area (Å²) >= 11 is 3.21. The molecule has 0 aliphatic rings. The second-order valence-corrected chi connectivity index (χ2v) is 5.46. The summed E-state index contributed by atoms with van der Waals surface area (Å²) in [5.41, 5.74) is 1.54. The van der Waals surface area contributed by atoms with Crippen molar-refractivity contribution < 1.29 is 13.9 Å². The standard InChI is InChI=1S/C15H13BrF2O/c1-8-5-9(2)14(13(18)6-8)15(19)11-7-10(16)3-4-12(11)17/h3-7,15,19H,1-2H3. The van der Waals surface area contributed by atoms with Gasteiger partial charge in [0.1, 0.15) is 17.7 Å². The first-order valence-corrected chi connectivity index (χ1v) is 6.59. The summed E-state index contributed by atoms with van der Waals surface area (Å²) in [7, 11) is 0. The van der Waals surface area contributed by atoms with Gasteiger partial charge in [0.2, 0.25) is 0 Å². The lowest BCUT2D eigenvalue weighted by Gasteiger charge is -2.17. The van der Waals surface area contributed by atoms with Gasteiger partial charge < -0.3 is 5.11 Å². The Balaban J connectivity index is 2.56. The summed E-state index contributed by atoms with van der Waals surface area (Å²) in [5.74, 6) is -1.08. The van der Waals surface area contributed by atoms with Crippen LogP contribution in [0.5, 0.6) is 0 Å². The molecule has 2 aromatic carbocycles. The van der Waals surface area contributed by atoms with Crippen LogP contribution in [0.2, 0.25) is 0 Å². The summed E-state index contributed by atoms with van der Waals surface area (Å²) in [4.78, 5) is 0. The van der Waals surface area contributed by atoms with E-state index in [9.17, 15) is 13.9 Å². The van der Waals surface area contributed by atoms with Gasteiger partial charge >= 0.3 is 0 Å². The molecule has 0 aromatic heterocycles. The summed E-state index contributed by atoms with van der Waals surface area (Å²) in [6.07, 6.45) is -1.32. The third-order valence-electron chi connectivity index (χ3n) is 3.01. The number of halogens is 3. The molecule has 0 fully saturated rings. The first kappa shape index (κ1) is 14.2. The van der Waals surface area contributed by atoms with Crippen molar-refractivity contribution in [2.75, 3.05) is 0 Å². The van der Waals surface area contributed by atoms with Gasteiger partial charge in [-0.3, -0.25) is 0 Å². The van der Waals surface area contributed by atoms with E-state index in [1.165, 1.54) is 24.3 Å². The minimum atomic E-state index is -1.32. The molecule has 0 amide bonds. The second-order valence-electron chi connectivity index (χ2n) is 4.55. The fourth-order valence-corrected chi connectivity index (χ4v) is 2.53. The average molecular weight is 327 g/mol. The van der Waals surface area contributed by atoms with E-state index in [2.05, 4.69) is 15.9 Å². The van der Waals surface area contributed by atoms with E-state index in [1.54, 1.807) is 19.9 Å². The maximum Gasteiger partial charge on any atom is 0.129 e. The summed E-state index contributed by atoms with van der Waals surface area (Å²) < 4.78 is 28.4. The van der Waals surface area contributed by atoms with Crippen molar-refractivity contribution in [3.05, 3.63) is 68.7 Å². The molecule has 2 aromatic rings. The van der Waals surface area contributed by atoms with Gasteiger partial charge in [0.25, 0.3) is 0 Å². The Kier molecular flexibility index (Phi) is 4.02. The van der Waals surface area contributed by atoms with Crippen LogP contribution >= 0.6 is 15.9 Å². The molecule has 2 rings (SSSR count). The molecule has 0 spiro atoms. The highest BCUT2D eigenvalue weighted by atomic mass is 79.9. The van der Waals surface area contributed by atoms with Crippen molar-refractivity contribution in [3.8, 4) is 0 Å². The van der Waals surface area contributed by atoms with Crippen LogP contribution in [0, 0.1) is 25.5 Å². The van der Waals surface area contributed by atoms with E-state index in [4.69, 9.17) is 0 Å². The van der Waals surface area contributed by atoms with Crippen molar-refractivity contribution in [3.63, 3.8) is 0 Å². The number of hydrogen-bond donors (Lipinski definition) is 1. The van der Waals surface area contributed by atoms with Crippen molar-refractivity contribution in [1.82, 2.24) is 0 Å². The van der Waals surface area contributed by atoms with Crippen LogP contribution in [0.25, 0.3) is 0 Å². The third kappa shape index (κ3) is 2.85. The van der Waals surface area contributed by atoms with Gasteiger partial charge in [-0.25, -0.2) is 8.78 Å². The van der Waals surface area contributed by atoms with Crippen LogP contribution in [0.15, 0.2) is 34.8 Å². The number of aliphatic hydroxyl groups is 1. The molecule has 0 aliphatic heterocycles. The van der Waals surface area contributed by atoms with Crippen LogP contribution in [-0.2, 0) is 0 Å². The molecule has 1 unspecified atom stereocenters. The van der Waals surface area contributed by atoms with Gasteiger partial charge in [-0.1, -0.05) is 22.0 Å². The van der Waals surface area contributed by atoms with Gasteiger partial charge in [-0.15, -0.1) is 0 Å². The van der Waals surface area contributed by atoms with Crippen molar-refractivity contribution in [1.29, 1.82) is 0 Å². The van der Waals surface area contributed by atoms with Crippen LogP contribution in [0.1, 0.15) is 28.4 Å². The van der Waals surface area contributed by atoms with Crippen molar-refractivity contribution >= 4 is 15.9 Å². The molecule has 0 bridgehead atoms. The predicted octanol–water partition coefficient (Wildman–Crippen LogP) is 4.43. The average Bonchev–Trinajstić information content (AvgIpc) is 2.30. The molecular weight excluding hydrogens is 314 g/mol. The Hall–Kier alpha value is -1.26. The third-order valence-corrected chi connectivity index (χ3v) is 3.50. The quantitative estimate of drug-likeness (QED) is 0.865. The minimum Gasteiger partial charge on any atom is -0.383 e. The highest BCUT2D eigenvalue weighted by Crippen LogP contribution is 2.31. The molecule has 1 atom stereocenters. The van der Waals surface area contributed by atoms with E-state index in [-0.39, 0.29) is 11.1 Å². The summed E-state index contributed by atoms with van der Waals surface area (Å²) in [6, 6.07) is 7.33. The largest absolute Gasteiger partial charge is 0.383 e. The van der Waals surface area contributed by atoms with E-state index in [0.717, 1.165) is 5.56 Å². The normalized spacial score (nSPS) is 12.5. The molecule has 1 nitrogen and oxygen atoms in total. The monoisotopic (exact) mass is 326 g/mol. The van der Waals surface area contributed by atoms with Gasteiger partial charge in [-0.05, 0) is 49.2 Å². The maximum atomic E-state index is 14.0. The predicted molar refractivity (Wildman–Crippen MR) is 74.0 cm³/mol. The zero-order chi connectivity index (χ0) is 14.2. The molecule has 4 heteroatoms. The molecule has 0 radical (unpaired) electrons. The summed E-state index contributed by atoms with van der Waals surface area (Å²) in [6.45, 7) is 3.47. The van der Waals surface area contributed by atoms with Gasteiger partial charge in [0.15, 0.2) is 0 Å². The Labute approximate surface area is 119 Å². The Morgan fingerprint density at radius 3 is 2.37 bits per heavy atom. The van der Waals surface area contributed by atoms with E-state index in [0.29, 0.717) is 10.0 Å². The van der Waals surface area contributed by atoms with Crippen molar-refractivity contribution in [2.24, 2.45) is 0 Å². The number of hydrogen-bond acceptors (Lipinski definition) is 1. The molecule has 0 heterocycles. The summed E-state index contributed by atoms with van der Waals surface area (Å²) in [5, 5.41) is 10.2. The molecule has 1 N–H and O–H groups in total. The van der Waals surface area contributed by atoms with Gasteiger partial charge in [0, 0.05) is 15.6 Å². The van der Waals surface area contributed by atoms with Gasteiger partial charge in [0.05, 0.1) is 0 Å². The lowest BCUT2D eigenvalue weighted by Crippen LogP contribution is -2.07. The Bertz CT molecular complexity index is 603. The van der Waals surface area contributed by atoms with Crippen LogP contribution in [0.4, 0.5) is 8.78 Å². The lowest BCUT2D eigenvalue weighted by molar-refractivity contribution is 0.209. The molecule has 0 aliphatic carbocycles. The van der Waals surface area contributed by atoms with Crippen molar-refractivity contribution in [2.45, 2.75) is 20.0 Å². The molecule has 0 saturated heterocycles. The number of benzene rings is 2. The van der Waals surface area contributed by atoms with E-state index < -0.39 is 17.7 Å². The zero-order valence-electron chi connectivity index (χ0n) is 10.5. The minimum absolute atomic E-state index is 0.0558. The molecular formula is C15H13BrF2O. The number of aliphatic hydroxyl groups excluding tert-OH is 1. The Morgan fingerprint density at radius 1 is 1.05 bits per heavy atom. The number of aryl methyl sites for hydroxylation is 2. The van der Waals surface area contributed by atoms with Crippen LogP contribution in [-0.4, -0.2) is 5.11 Å². The first-order chi connectivity index (χ1) is 8.90. The van der Waals surface area contributed by atoms with Gasteiger partial charge in [-0.2, -0.15) is 0 Å². The maximum absolute atomic E-state index is 14.0. The molecule has 19 heavy (non-hydrogen) atoms. The fourth-order valence-electron chi connectivity index (χ4n) is 2.15. The lowest BCUT2D eigenvalue weighted by atomic mass is 9.95. The van der Waals surface area contributed by atoms with Crippen LogP contribution in [0.3, 0.4) is 0 Å². The zero-order valence-corrected chi connectivity index (χ0v) is 12.1. The topological polar surface area (TPSA) is 20.2 Å². The Morgan fingerprint density at radius 2 is 1.74 bits per heavy atom. The smallest absolute Gasteiger partial charge is 0.129 e.